The van der Waals surface area contributed by atoms with Crippen LogP contribution in [-0.2, 0) is 0 Å². The zero-order valence-corrected chi connectivity index (χ0v) is 13.0. The van der Waals surface area contributed by atoms with Crippen LogP contribution in [0.25, 0.3) is 0 Å². The molecule has 118 valence electrons. The SMILES string of the molecule is Cc1cc(C(=O)O)c(C)cc1/N=N/c1ccc(C(=O)O)c(C)c1. The van der Waals surface area contributed by atoms with Gasteiger partial charge in [0.25, 0.3) is 0 Å². The summed E-state index contributed by atoms with van der Waals surface area (Å²) in [6, 6.07) is 7.93. The van der Waals surface area contributed by atoms with Gasteiger partial charge in [-0.2, -0.15) is 10.2 Å². The Hall–Kier alpha value is -3.02. The van der Waals surface area contributed by atoms with Crippen molar-refractivity contribution in [1.29, 1.82) is 0 Å². The van der Waals surface area contributed by atoms with Crippen LogP contribution in [0.1, 0.15) is 37.4 Å². The molecule has 6 nitrogen and oxygen atoms in total. The number of nitrogens with zero attached hydrogens (tertiary/aromatic N) is 2. The Morgan fingerprint density at radius 3 is 1.96 bits per heavy atom. The van der Waals surface area contributed by atoms with Crippen LogP contribution in [0.5, 0.6) is 0 Å². The molecule has 2 aromatic carbocycles. The van der Waals surface area contributed by atoms with Crippen LogP contribution in [0.15, 0.2) is 40.6 Å². The third kappa shape index (κ3) is 3.60. The molecule has 6 heteroatoms. The van der Waals surface area contributed by atoms with E-state index in [1.807, 2.05) is 0 Å². The predicted molar refractivity (Wildman–Crippen MR) is 85.2 cm³/mol. The van der Waals surface area contributed by atoms with Crippen molar-refractivity contribution in [2.75, 3.05) is 0 Å². The van der Waals surface area contributed by atoms with E-state index in [9.17, 15) is 9.59 Å². The summed E-state index contributed by atoms with van der Waals surface area (Å²) >= 11 is 0. The molecule has 0 aliphatic carbocycles. The van der Waals surface area contributed by atoms with Crippen LogP contribution >= 0.6 is 0 Å². The highest BCUT2D eigenvalue weighted by atomic mass is 16.4. The number of hydrogen-bond acceptors (Lipinski definition) is 4. The van der Waals surface area contributed by atoms with E-state index in [-0.39, 0.29) is 11.1 Å². The molecule has 0 unspecified atom stereocenters. The van der Waals surface area contributed by atoms with Gasteiger partial charge in [-0.15, -0.1) is 0 Å². The van der Waals surface area contributed by atoms with Crippen LogP contribution in [0.4, 0.5) is 11.4 Å². The lowest BCUT2D eigenvalue weighted by Crippen LogP contribution is -2.00. The van der Waals surface area contributed by atoms with Gasteiger partial charge in [-0.25, -0.2) is 9.59 Å². The van der Waals surface area contributed by atoms with Crippen LogP contribution in [0.2, 0.25) is 0 Å². The standard InChI is InChI=1S/C17H16N2O4/c1-9-6-12(4-5-13(9)16(20)21)18-19-15-8-10(2)14(17(22)23)7-11(15)3/h4-8H,1-3H3,(H,20,21)(H,22,23)/b19-18+. The number of aromatic carboxylic acids is 2. The number of hydrogen-bond donors (Lipinski definition) is 2. The highest BCUT2D eigenvalue weighted by Crippen LogP contribution is 2.26. The first kappa shape index (κ1) is 16.4. The van der Waals surface area contributed by atoms with Crippen LogP contribution in [0, 0.1) is 20.8 Å². The number of carboxylic acids is 2. The maximum Gasteiger partial charge on any atom is 0.335 e. The van der Waals surface area contributed by atoms with E-state index < -0.39 is 11.9 Å². The van der Waals surface area contributed by atoms with Crippen LogP contribution in [-0.4, -0.2) is 22.2 Å². The minimum atomic E-state index is -0.985. The number of aryl methyl sites for hydroxylation is 3. The molecule has 0 heterocycles. The summed E-state index contributed by atoms with van der Waals surface area (Å²) in [6.45, 7) is 5.16. The Bertz CT molecular complexity index is 826. The summed E-state index contributed by atoms with van der Waals surface area (Å²) in [4.78, 5) is 22.1. The van der Waals surface area contributed by atoms with Gasteiger partial charge in [0, 0.05) is 0 Å². The molecule has 0 aliphatic rings. The minimum absolute atomic E-state index is 0.224. The smallest absolute Gasteiger partial charge is 0.335 e. The van der Waals surface area contributed by atoms with Gasteiger partial charge in [0.15, 0.2) is 0 Å². The fourth-order valence-corrected chi connectivity index (χ4v) is 2.20. The number of carbonyl (C=O) groups is 2. The molecular weight excluding hydrogens is 296 g/mol. The third-order valence-electron chi connectivity index (χ3n) is 3.49. The van der Waals surface area contributed by atoms with Crippen molar-refractivity contribution >= 4 is 23.3 Å². The van der Waals surface area contributed by atoms with Crippen molar-refractivity contribution < 1.29 is 19.8 Å². The first-order chi connectivity index (χ1) is 10.8. The summed E-state index contributed by atoms with van der Waals surface area (Å²) in [6.07, 6.45) is 0. The van der Waals surface area contributed by atoms with Crippen LogP contribution < -0.4 is 0 Å². The van der Waals surface area contributed by atoms with Crippen molar-refractivity contribution in [1.82, 2.24) is 0 Å². The minimum Gasteiger partial charge on any atom is -0.478 e. The summed E-state index contributed by atoms with van der Waals surface area (Å²) in [5.41, 5.74) is 3.48. The van der Waals surface area contributed by atoms with E-state index in [4.69, 9.17) is 10.2 Å². The highest BCUT2D eigenvalue weighted by molar-refractivity contribution is 5.90. The Morgan fingerprint density at radius 2 is 1.39 bits per heavy atom. The monoisotopic (exact) mass is 312 g/mol. The summed E-state index contributed by atoms with van der Waals surface area (Å²) < 4.78 is 0. The fraction of sp³-hybridized carbons (Fsp3) is 0.176. The molecule has 0 aliphatic heterocycles. The van der Waals surface area contributed by atoms with Gasteiger partial charge in [0.1, 0.15) is 0 Å². The quantitative estimate of drug-likeness (QED) is 0.816. The molecule has 0 amide bonds. The Kier molecular flexibility index (Phi) is 4.55. The van der Waals surface area contributed by atoms with Gasteiger partial charge < -0.3 is 10.2 Å². The predicted octanol–water partition coefficient (Wildman–Crippen LogP) is 4.42. The lowest BCUT2D eigenvalue weighted by Gasteiger charge is -2.05. The topological polar surface area (TPSA) is 99.3 Å². The molecule has 2 rings (SSSR count). The second-order valence-electron chi connectivity index (χ2n) is 5.26. The van der Waals surface area contributed by atoms with E-state index >= 15 is 0 Å². The van der Waals surface area contributed by atoms with Crippen molar-refractivity contribution in [3.05, 3.63) is 58.1 Å². The van der Waals surface area contributed by atoms with E-state index in [0.717, 1.165) is 0 Å². The number of carboxylic acid groups (broad SMARTS) is 2. The number of rotatable bonds is 4. The Labute approximate surface area is 133 Å². The summed E-state index contributed by atoms with van der Waals surface area (Å²) in [7, 11) is 0. The second-order valence-corrected chi connectivity index (χ2v) is 5.26. The molecule has 0 aromatic heterocycles. The van der Waals surface area contributed by atoms with Gasteiger partial charge in [-0.05, 0) is 67.8 Å². The van der Waals surface area contributed by atoms with Crippen molar-refractivity contribution in [2.45, 2.75) is 20.8 Å². The second kappa shape index (κ2) is 6.39. The fourth-order valence-electron chi connectivity index (χ4n) is 2.20. The molecule has 0 saturated carbocycles. The Balaban J connectivity index is 2.34. The van der Waals surface area contributed by atoms with Gasteiger partial charge in [-0.1, -0.05) is 0 Å². The molecule has 23 heavy (non-hydrogen) atoms. The zero-order valence-electron chi connectivity index (χ0n) is 13.0. The molecule has 0 atom stereocenters. The van der Waals surface area contributed by atoms with Gasteiger partial charge in [-0.3, -0.25) is 0 Å². The maximum absolute atomic E-state index is 11.1. The molecule has 2 N–H and O–H groups in total. The first-order valence-electron chi connectivity index (χ1n) is 6.90. The Morgan fingerprint density at radius 1 is 0.783 bits per heavy atom. The molecule has 0 fully saturated rings. The lowest BCUT2D eigenvalue weighted by atomic mass is 10.0. The first-order valence-corrected chi connectivity index (χ1v) is 6.90. The van der Waals surface area contributed by atoms with Crippen molar-refractivity contribution in [2.24, 2.45) is 10.2 Å². The average Bonchev–Trinajstić information content (AvgIpc) is 2.47. The molecule has 2 aromatic rings. The largest absolute Gasteiger partial charge is 0.478 e. The zero-order chi connectivity index (χ0) is 17.1. The number of azo groups is 1. The molecular formula is C17H16N2O4. The van der Waals surface area contributed by atoms with Gasteiger partial charge >= 0.3 is 11.9 Å². The van der Waals surface area contributed by atoms with Crippen LogP contribution in [0.3, 0.4) is 0 Å². The van der Waals surface area contributed by atoms with Gasteiger partial charge in [0.05, 0.1) is 22.5 Å². The van der Waals surface area contributed by atoms with Crippen molar-refractivity contribution in [3.8, 4) is 0 Å². The molecule has 0 saturated heterocycles. The normalized spacial score (nSPS) is 10.9. The molecule has 0 radical (unpaired) electrons. The molecule has 0 spiro atoms. The summed E-state index contributed by atoms with van der Waals surface area (Å²) in [5.74, 6) is -1.96. The van der Waals surface area contributed by atoms with Crippen molar-refractivity contribution in [3.63, 3.8) is 0 Å². The van der Waals surface area contributed by atoms with E-state index in [0.29, 0.717) is 28.1 Å². The van der Waals surface area contributed by atoms with E-state index in [1.165, 1.54) is 6.07 Å². The number of benzene rings is 2. The third-order valence-corrected chi connectivity index (χ3v) is 3.49. The van der Waals surface area contributed by atoms with E-state index in [1.54, 1.807) is 45.0 Å². The maximum atomic E-state index is 11.1. The molecule has 0 bridgehead atoms. The summed E-state index contributed by atoms with van der Waals surface area (Å²) in [5, 5.41) is 26.3. The van der Waals surface area contributed by atoms with E-state index in [2.05, 4.69) is 10.2 Å². The van der Waals surface area contributed by atoms with Gasteiger partial charge in [0.2, 0.25) is 0 Å². The average molecular weight is 312 g/mol. The highest BCUT2D eigenvalue weighted by Gasteiger charge is 2.10. The lowest BCUT2D eigenvalue weighted by molar-refractivity contribution is 0.0685.